The number of hydrogen-bond donors (Lipinski definition) is 1. The van der Waals surface area contributed by atoms with Gasteiger partial charge in [0.2, 0.25) is 0 Å². The van der Waals surface area contributed by atoms with Crippen molar-refractivity contribution in [3.8, 4) is 0 Å². The summed E-state index contributed by atoms with van der Waals surface area (Å²) in [7, 11) is 0. The summed E-state index contributed by atoms with van der Waals surface area (Å²) in [5.41, 5.74) is 1.72. The van der Waals surface area contributed by atoms with Crippen LogP contribution in [0.1, 0.15) is 17.4 Å². The van der Waals surface area contributed by atoms with Gasteiger partial charge in [-0.25, -0.2) is 0 Å². The summed E-state index contributed by atoms with van der Waals surface area (Å²) in [6, 6.07) is 3.59. The topological polar surface area (TPSA) is 33.1 Å². The lowest BCUT2D eigenvalue weighted by molar-refractivity contribution is 0.202. The van der Waals surface area contributed by atoms with Crippen LogP contribution in [-0.4, -0.2) is 16.0 Å². The maximum Gasteiger partial charge on any atom is 0.0926 e. The highest BCUT2D eigenvalue weighted by Crippen LogP contribution is 2.13. The third-order valence-electron chi connectivity index (χ3n) is 1.45. The Kier molecular flexibility index (Phi) is 2.85. The van der Waals surface area contributed by atoms with E-state index in [1.165, 1.54) is 0 Å². The number of rotatable bonds is 2. The van der Waals surface area contributed by atoms with E-state index in [-0.39, 0.29) is 5.88 Å². The SMILES string of the molecule is Cc1cc(C(O)CCl)ccn1. The minimum absolute atomic E-state index is 0.226. The number of aromatic nitrogens is 1. The Balaban J connectivity index is 2.86. The van der Waals surface area contributed by atoms with E-state index in [0.29, 0.717) is 0 Å². The quantitative estimate of drug-likeness (QED) is 0.687. The van der Waals surface area contributed by atoms with Crippen LogP contribution in [0.5, 0.6) is 0 Å². The molecule has 1 aromatic rings. The lowest BCUT2D eigenvalue weighted by atomic mass is 10.1. The van der Waals surface area contributed by atoms with Gasteiger partial charge in [-0.05, 0) is 24.6 Å². The Bertz CT molecular complexity index is 239. The molecule has 0 aliphatic carbocycles. The van der Waals surface area contributed by atoms with Gasteiger partial charge in [0.1, 0.15) is 0 Å². The van der Waals surface area contributed by atoms with Crippen molar-refractivity contribution >= 4 is 11.6 Å². The number of aliphatic hydroxyl groups excluding tert-OH is 1. The second-order valence-electron chi connectivity index (χ2n) is 2.40. The van der Waals surface area contributed by atoms with E-state index in [2.05, 4.69) is 4.98 Å². The summed E-state index contributed by atoms with van der Waals surface area (Å²) in [5.74, 6) is 0.226. The van der Waals surface area contributed by atoms with Gasteiger partial charge in [-0.1, -0.05) is 0 Å². The summed E-state index contributed by atoms with van der Waals surface area (Å²) in [6.45, 7) is 1.88. The first kappa shape index (κ1) is 8.50. The maximum absolute atomic E-state index is 9.29. The first-order valence-corrected chi connectivity index (χ1v) is 3.94. The van der Waals surface area contributed by atoms with Gasteiger partial charge in [0.15, 0.2) is 0 Å². The van der Waals surface area contributed by atoms with Crippen molar-refractivity contribution in [3.05, 3.63) is 29.6 Å². The zero-order valence-corrected chi connectivity index (χ0v) is 7.04. The standard InChI is InChI=1S/C8H10ClNO/c1-6-4-7(2-3-10-6)8(11)5-9/h2-4,8,11H,5H2,1H3. The minimum atomic E-state index is -0.571. The minimum Gasteiger partial charge on any atom is -0.387 e. The van der Waals surface area contributed by atoms with E-state index in [1.54, 1.807) is 12.3 Å². The van der Waals surface area contributed by atoms with Gasteiger partial charge in [0, 0.05) is 11.9 Å². The fourth-order valence-electron chi connectivity index (χ4n) is 0.864. The molecule has 0 saturated carbocycles. The van der Waals surface area contributed by atoms with Gasteiger partial charge in [0.05, 0.1) is 12.0 Å². The zero-order valence-electron chi connectivity index (χ0n) is 6.29. The summed E-state index contributed by atoms with van der Waals surface area (Å²) >= 11 is 5.47. The second kappa shape index (κ2) is 3.69. The van der Waals surface area contributed by atoms with Crippen molar-refractivity contribution in [1.29, 1.82) is 0 Å². The molecule has 1 unspecified atom stereocenters. The van der Waals surface area contributed by atoms with Gasteiger partial charge >= 0.3 is 0 Å². The first-order chi connectivity index (χ1) is 5.24. The predicted octanol–water partition coefficient (Wildman–Crippen LogP) is 1.66. The number of aliphatic hydroxyl groups is 1. The molecular formula is C8H10ClNO. The monoisotopic (exact) mass is 171 g/mol. The van der Waals surface area contributed by atoms with E-state index >= 15 is 0 Å². The average Bonchev–Trinajstić information content (AvgIpc) is 2.03. The molecule has 0 radical (unpaired) electrons. The van der Waals surface area contributed by atoms with E-state index in [0.717, 1.165) is 11.3 Å². The lowest BCUT2D eigenvalue weighted by Crippen LogP contribution is -1.99. The van der Waals surface area contributed by atoms with Gasteiger partial charge in [-0.2, -0.15) is 0 Å². The predicted molar refractivity (Wildman–Crippen MR) is 44.7 cm³/mol. The van der Waals surface area contributed by atoms with Crippen LogP contribution in [0.4, 0.5) is 0 Å². The molecule has 2 nitrogen and oxygen atoms in total. The number of halogens is 1. The second-order valence-corrected chi connectivity index (χ2v) is 2.71. The van der Waals surface area contributed by atoms with E-state index in [1.807, 2.05) is 13.0 Å². The number of aryl methyl sites for hydroxylation is 1. The molecule has 0 fully saturated rings. The largest absolute Gasteiger partial charge is 0.387 e. The van der Waals surface area contributed by atoms with Crippen LogP contribution in [0.3, 0.4) is 0 Å². The summed E-state index contributed by atoms with van der Waals surface area (Å²) in [6.07, 6.45) is 1.10. The van der Waals surface area contributed by atoms with Crippen molar-refractivity contribution in [2.24, 2.45) is 0 Å². The molecule has 0 aromatic carbocycles. The van der Waals surface area contributed by atoms with Crippen LogP contribution >= 0.6 is 11.6 Å². The Hall–Kier alpha value is -0.600. The zero-order chi connectivity index (χ0) is 8.27. The van der Waals surface area contributed by atoms with Gasteiger partial charge in [-0.15, -0.1) is 11.6 Å². The van der Waals surface area contributed by atoms with Crippen LogP contribution < -0.4 is 0 Å². The normalized spacial score (nSPS) is 13.0. The molecule has 1 aromatic heterocycles. The molecule has 1 rings (SSSR count). The van der Waals surface area contributed by atoms with Gasteiger partial charge in [-0.3, -0.25) is 4.98 Å². The molecule has 0 aliphatic heterocycles. The van der Waals surface area contributed by atoms with E-state index in [9.17, 15) is 5.11 Å². The van der Waals surface area contributed by atoms with Crippen LogP contribution in [0.15, 0.2) is 18.3 Å². The van der Waals surface area contributed by atoms with Gasteiger partial charge < -0.3 is 5.11 Å². The highest BCUT2D eigenvalue weighted by molar-refractivity contribution is 6.18. The van der Waals surface area contributed by atoms with Crippen molar-refractivity contribution in [2.45, 2.75) is 13.0 Å². The Morgan fingerprint density at radius 1 is 1.73 bits per heavy atom. The molecule has 11 heavy (non-hydrogen) atoms. The Labute approximate surface area is 70.8 Å². The lowest BCUT2D eigenvalue weighted by Gasteiger charge is -2.06. The molecule has 3 heteroatoms. The Morgan fingerprint density at radius 3 is 3.00 bits per heavy atom. The van der Waals surface area contributed by atoms with Gasteiger partial charge in [0.25, 0.3) is 0 Å². The number of nitrogens with zero attached hydrogens (tertiary/aromatic N) is 1. The fraction of sp³-hybridized carbons (Fsp3) is 0.375. The molecular weight excluding hydrogens is 162 g/mol. The van der Waals surface area contributed by atoms with Crippen LogP contribution in [0.25, 0.3) is 0 Å². The third kappa shape index (κ3) is 2.17. The fourth-order valence-corrected chi connectivity index (χ4v) is 1.04. The first-order valence-electron chi connectivity index (χ1n) is 3.40. The average molecular weight is 172 g/mol. The summed E-state index contributed by atoms with van der Waals surface area (Å²) in [5, 5.41) is 9.29. The van der Waals surface area contributed by atoms with Crippen LogP contribution in [-0.2, 0) is 0 Å². The maximum atomic E-state index is 9.29. The molecule has 0 spiro atoms. The molecule has 1 atom stereocenters. The van der Waals surface area contributed by atoms with E-state index < -0.39 is 6.10 Å². The highest BCUT2D eigenvalue weighted by Gasteiger charge is 2.04. The molecule has 0 amide bonds. The van der Waals surface area contributed by atoms with Crippen molar-refractivity contribution < 1.29 is 5.11 Å². The molecule has 0 saturated heterocycles. The number of hydrogen-bond acceptors (Lipinski definition) is 2. The smallest absolute Gasteiger partial charge is 0.0926 e. The van der Waals surface area contributed by atoms with Crippen LogP contribution in [0.2, 0.25) is 0 Å². The summed E-state index contributed by atoms with van der Waals surface area (Å²) < 4.78 is 0. The highest BCUT2D eigenvalue weighted by atomic mass is 35.5. The van der Waals surface area contributed by atoms with Crippen molar-refractivity contribution in [1.82, 2.24) is 4.98 Å². The van der Waals surface area contributed by atoms with Crippen molar-refractivity contribution in [3.63, 3.8) is 0 Å². The summed E-state index contributed by atoms with van der Waals surface area (Å²) in [4.78, 5) is 4.00. The molecule has 0 aliphatic rings. The van der Waals surface area contributed by atoms with E-state index in [4.69, 9.17) is 11.6 Å². The molecule has 1 heterocycles. The molecule has 60 valence electrons. The Morgan fingerprint density at radius 2 is 2.45 bits per heavy atom. The molecule has 0 bridgehead atoms. The number of alkyl halides is 1. The third-order valence-corrected chi connectivity index (χ3v) is 1.74. The van der Waals surface area contributed by atoms with Crippen molar-refractivity contribution in [2.75, 3.05) is 5.88 Å². The molecule has 1 N–H and O–H groups in total. The number of pyridine rings is 1. The van der Waals surface area contributed by atoms with Crippen LogP contribution in [0, 0.1) is 6.92 Å².